The average molecular weight is 329 g/mol. The highest BCUT2D eigenvalue weighted by molar-refractivity contribution is 5.56. The lowest BCUT2D eigenvalue weighted by Gasteiger charge is -2.25. The van der Waals surface area contributed by atoms with E-state index >= 15 is 0 Å². The van der Waals surface area contributed by atoms with Crippen LogP contribution >= 0.6 is 0 Å². The Morgan fingerprint density at radius 3 is 2.54 bits per heavy atom. The van der Waals surface area contributed by atoms with E-state index in [0.717, 1.165) is 24.0 Å². The van der Waals surface area contributed by atoms with E-state index in [0.29, 0.717) is 0 Å². The summed E-state index contributed by atoms with van der Waals surface area (Å²) in [6, 6.07) is 15.5. The van der Waals surface area contributed by atoms with Crippen LogP contribution < -0.4 is 4.90 Å². The summed E-state index contributed by atoms with van der Waals surface area (Å²) in [7, 11) is 0. The first-order chi connectivity index (χ1) is 11.5. The van der Waals surface area contributed by atoms with Crippen LogP contribution in [0.15, 0.2) is 48.5 Å². The zero-order chi connectivity index (χ0) is 17.2. The number of nitrogens with zero attached hydrogens (tertiary/aromatic N) is 1. The summed E-state index contributed by atoms with van der Waals surface area (Å²) in [5.74, 6) is -2.73. The largest absolute Gasteiger partial charge is 0.362 e. The highest BCUT2D eigenvalue weighted by Crippen LogP contribution is 2.36. The van der Waals surface area contributed by atoms with Crippen molar-refractivity contribution in [2.45, 2.75) is 38.2 Å². The summed E-state index contributed by atoms with van der Waals surface area (Å²) in [5, 5.41) is 0. The van der Waals surface area contributed by atoms with E-state index in [9.17, 15) is 13.6 Å². The second-order valence-corrected chi connectivity index (χ2v) is 6.51. The Morgan fingerprint density at radius 1 is 1.17 bits per heavy atom. The van der Waals surface area contributed by atoms with Crippen LogP contribution in [0.4, 0.5) is 14.5 Å². The number of halogens is 2. The number of benzene rings is 2. The lowest BCUT2D eigenvalue weighted by Crippen LogP contribution is -2.30. The molecule has 2 nitrogen and oxygen atoms in total. The lowest BCUT2D eigenvalue weighted by molar-refractivity contribution is -0.108. The normalized spacial score (nSPS) is 19.5. The molecule has 1 aliphatic rings. The molecule has 1 heterocycles. The summed E-state index contributed by atoms with van der Waals surface area (Å²) in [5.41, 5.74) is 4.40. The zero-order valence-corrected chi connectivity index (χ0v) is 13.7. The van der Waals surface area contributed by atoms with Gasteiger partial charge in [0.25, 0.3) is 5.92 Å². The Kier molecular flexibility index (Phi) is 4.65. The number of alkyl halides is 2. The van der Waals surface area contributed by atoms with Gasteiger partial charge in [0.05, 0.1) is 6.54 Å². The smallest absolute Gasteiger partial charge is 0.267 e. The number of hydrogen-bond acceptors (Lipinski definition) is 2. The number of hydrogen-bond donors (Lipinski definition) is 0. The fourth-order valence-corrected chi connectivity index (χ4v) is 3.36. The van der Waals surface area contributed by atoms with Crippen LogP contribution in [0.3, 0.4) is 0 Å². The summed E-state index contributed by atoms with van der Waals surface area (Å²) in [4.78, 5) is 12.4. The maximum atomic E-state index is 13.7. The molecular weight excluding hydrogens is 308 g/mol. The van der Waals surface area contributed by atoms with Crippen LogP contribution in [-0.4, -0.2) is 24.8 Å². The van der Waals surface area contributed by atoms with Crippen LogP contribution in [0.1, 0.15) is 29.5 Å². The minimum absolute atomic E-state index is 0.139. The topological polar surface area (TPSA) is 20.3 Å². The highest BCUT2D eigenvalue weighted by Gasteiger charge is 2.44. The Labute approximate surface area is 141 Å². The fourth-order valence-electron chi connectivity index (χ4n) is 3.36. The van der Waals surface area contributed by atoms with E-state index in [1.54, 1.807) is 4.90 Å². The van der Waals surface area contributed by atoms with Crippen molar-refractivity contribution in [2.24, 2.45) is 0 Å². The van der Waals surface area contributed by atoms with Crippen LogP contribution in [-0.2, 0) is 11.2 Å². The first kappa shape index (κ1) is 16.6. The summed E-state index contributed by atoms with van der Waals surface area (Å²) in [6.45, 7) is 1.77. The molecule has 0 saturated carbocycles. The van der Waals surface area contributed by atoms with E-state index in [1.165, 1.54) is 11.1 Å². The Morgan fingerprint density at radius 2 is 1.88 bits per heavy atom. The van der Waals surface area contributed by atoms with Gasteiger partial charge in [-0.05, 0) is 42.2 Å². The molecule has 1 aliphatic heterocycles. The van der Waals surface area contributed by atoms with Crippen molar-refractivity contribution in [1.82, 2.24) is 0 Å². The van der Waals surface area contributed by atoms with Crippen molar-refractivity contribution < 1.29 is 13.6 Å². The lowest BCUT2D eigenvalue weighted by atomic mass is 10.0. The van der Waals surface area contributed by atoms with Gasteiger partial charge in [-0.15, -0.1) is 0 Å². The van der Waals surface area contributed by atoms with Gasteiger partial charge in [-0.2, -0.15) is 0 Å². The van der Waals surface area contributed by atoms with Gasteiger partial charge in [-0.3, -0.25) is 0 Å². The average Bonchev–Trinajstić information content (AvgIpc) is 2.85. The Bertz CT molecular complexity index is 712. The monoisotopic (exact) mass is 329 g/mol. The third kappa shape index (κ3) is 3.64. The number of carbonyl (C=O) groups excluding carboxylic acids is 1. The van der Waals surface area contributed by atoms with Gasteiger partial charge >= 0.3 is 0 Å². The molecule has 0 bridgehead atoms. The van der Waals surface area contributed by atoms with Crippen LogP contribution in [0.2, 0.25) is 0 Å². The number of aryl methyl sites for hydroxylation is 1. The minimum atomic E-state index is -2.73. The number of aldehydes is 1. The van der Waals surface area contributed by atoms with Gasteiger partial charge in [0, 0.05) is 24.6 Å². The van der Waals surface area contributed by atoms with Crippen molar-refractivity contribution in [3.05, 3.63) is 65.2 Å². The molecule has 0 N–H and O–H groups in total. The molecule has 1 unspecified atom stereocenters. The molecule has 1 fully saturated rings. The SMILES string of the molecule is Cc1ccccc1Cc1ccc(N2CC(F)(F)CC2CC=O)cc1. The van der Waals surface area contributed by atoms with E-state index < -0.39 is 12.0 Å². The molecule has 2 aromatic carbocycles. The van der Waals surface area contributed by atoms with Crippen molar-refractivity contribution in [3.63, 3.8) is 0 Å². The first-order valence-electron chi connectivity index (χ1n) is 8.20. The van der Waals surface area contributed by atoms with Gasteiger partial charge in [0.2, 0.25) is 0 Å². The van der Waals surface area contributed by atoms with Crippen molar-refractivity contribution in [3.8, 4) is 0 Å². The van der Waals surface area contributed by atoms with Crippen LogP contribution in [0.25, 0.3) is 0 Å². The van der Waals surface area contributed by atoms with Gasteiger partial charge in [-0.1, -0.05) is 36.4 Å². The summed E-state index contributed by atoms with van der Waals surface area (Å²) in [6.07, 6.45) is 1.43. The third-order valence-electron chi connectivity index (χ3n) is 4.67. The molecule has 24 heavy (non-hydrogen) atoms. The van der Waals surface area contributed by atoms with E-state index in [2.05, 4.69) is 19.1 Å². The molecule has 0 spiro atoms. The molecule has 0 aliphatic carbocycles. The molecule has 126 valence electrons. The molecule has 0 aromatic heterocycles. The van der Waals surface area contributed by atoms with Crippen LogP contribution in [0.5, 0.6) is 0 Å². The maximum absolute atomic E-state index is 13.7. The minimum Gasteiger partial charge on any atom is -0.362 e. The molecule has 3 rings (SSSR count). The van der Waals surface area contributed by atoms with Gasteiger partial charge in [0.15, 0.2) is 0 Å². The van der Waals surface area contributed by atoms with Gasteiger partial charge < -0.3 is 9.69 Å². The molecular formula is C20H21F2NO. The maximum Gasteiger partial charge on any atom is 0.267 e. The van der Waals surface area contributed by atoms with Crippen LogP contribution in [0, 0.1) is 6.92 Å². The van der Waals surface area contributed by atoms with Crippen molar-refractivity contribution >= 4 is 12.0 Å². The second kappa shape index (κ2) is 6.71. The number of rotatable bonds is 5. The van der Waals surface area contributed by atoms with Gasteiger partial charge in [0.1, 0.15) is 6.29 Å². The molecule has 0 radical (unpaired) electrons. The van der Waals surface area contributed by atoms with Gasteiger partial charge in [-0.25, -0.2) is 8.78 Å². The summed E-state index contributed by atoms with van der Waals surface area (Å²) >= 11 is 0. The molecule has 4 heteroatoms. The standard InChI is InChI=1S/C20H21F2NO/c1-15-4-2-3-5-17(15)12-16-6-8-18(9-7-16)23-14-20(21,22)13-19(23)10-11-24/h2-9,11,19H,10,12-14H2,1H3. The van der Waals surface area contributed by atoms with E-state index in [4.69, 9.17) is 0 Å². The molecule has 2 aromatic rings. The molecule has 1 saturated heterocycles. The predicted octanol–water partition coefficient (Wildman–Crippen LogP) is 4.39. The molecule has 1 atom stereocenters. The number of carbonyl (C=O) groups is 1. The fraction of sp³-hybridized carbons (Fsp3) is 0.350. The van der Waals surface area contributed by atoms with E-state index in [1.807, 2.05) is 36.4 Å². The summed E-state index contributed by atoms with van der Waals surface area (Å²) < 4.78 is 27.4. The Hall–Kier alpha value is -2.23. The third-order valence-corrected chi connectivity index (χ3v) is 4.67. The Balaban J connectivity index is 1.76. The highest BCUT2D eigenvalue weighted by atomic mass is 19.3. The van der Waals surface area contributed by atoms with Crippen molar-refractivity contribution in [1.29, 1.82) is 0 Å². The predicted molar refractivity (Wildman–Crippen MR) is 91.8 cm³/mol. The van der Waals surface area contributed by atoms with Crippen molar-refractivity contribution in [2.75, 3.05) is 11.4 Å². The zero-order valence-electron chi connectivity index (χ0n) is 13.7. The quantitative estimate of drug-likeness (QED) is 0.758. The molecule has 0 amide bonds. The second-order valence-electron chi connectivity index (χ2n) is 6.51. The number of anilines is 1. The first-order valence-corrected chi connectivity index (χ1v) is 8.20. The van der Waals surface area contributed by atoms with E-state index in [-0.39, 0.29) is 19.4 Å².